The zero-order valence-corrected chi connectivity index (χ0v) is 14.2. The van der Waals surface area contributed by atoms with E-state index in [-0.39, 0.29) is 6.42 Å². The van der Waals surface area contributed by atoms with Crippen LogP contribution in [-0.2, 0) is 16.0 Å². The van der Waals surface area contributed by atoms with Crippen molar-refractivity contribution in [3.05, 3.63) is 65.3 Å². The summed E-state index contributed by atoms with van der Waals surface area (Å²) in [4.78, 5) is 32.0. The first-order valence-corrected chi connectivity index (χ1v) is 8.28. The molecule has 2 heterocycles. The van der Waals surface area contributed by atoms with Crippen LogP contribution in [0, 0.1) is 0 Å². The van der Waals surface area contributed by atoms with E-state index in [4.69, 9.17) is 4.74 Å². The maximum atomic E-state index is 12.0. The Labute approximate surface area is 148 Å². The first-order valence-electron chi connectivity index (χ1n) is 7.40. The predicted octanol–water partition coefficient (Wildman–Crippen LogP) is 3.14. The fraction of sp³-hybridized carbons (Fsp3) is 0.111. The fourth-order valence-electron chi connectivity index (χ4n) is 2.09. The van der Waals surface area contributed by atoms with Crippen molar-refractivity contribution in [3.63, 3.8) is 0 Å². The molecule has 0 spiro atoms. The van der Waals surface area contributed by atoms with Gasteiger partial charge in [0.25, 0.3) is 0 Å². The molecule has 0 bridgehead atoms. The zero-order valence-electron chi connectivity index (χ0n) is 13.3. The van der Waals surface area contributed by atoms with Gasteiger partial charge in [-0.1, -0.05) is 6.07 Å². The van der Waals surface area contributed by atoms with Gasteiger partial charge in [-0.3, -0.25) is 9.78 Å². The largest absolute Gasteiger partial charge is 0.465 e. The molecule has 1 aromatic carbocycles. The van der Waals surface area contributed by atoms with Gasteiger partial charge >= 0.3 is 11.9 Å². The van der Waals surface area contributed by atoms with E-state index in [1.807, 2.05) is 23.6 Å². The van der Waals surface area contributed by atoms with E-state index in [1.165, 1.54) is 30.6 Å². The summed E-state index contributed by atoms with van der Waals surface area (Å²) >= 11 is 1.43. The Morgan fingerprint density at radius 3 is 2.60 bits per heavy atom. The lowest BCUT2D eigenvalue weighted by molar-refractivity contribution is -0.133. The molecule has 0 atom stereocenters. The van der Waals surface area contributed by atoms with E-state index in [1.54, 1.807) is 18.3 Å². The maximum Gasteiger partial charge on any atom is 0.337 e. The Balaban J connectivity index is 1.61. The van der Waals surface area contributed by atoms with Crippen LogP contribution >= 0.6 is 11.3 Å². The third-order valence-corrected chi connectivity index (χ3v) is 4.18. The smallest absolute Gasteiger partial charge is 0.337 e. The number of carbonyl (C=O) groups excluding carboxylic acids is 2. The molecule has 25 heavy (non-hydrogen) atoms. The second kappa shape index (κ2) is 7.67. The molecule has 3 rings (SSSR count). The summed E-state index contributed by atoms with van der Waals surface area (Å²) in [6, 6.07) is 11.8. The molecule has 0 fully saturated rings. The van der Waals surface area contributed by atoms with Crippen molar-refractivity contribution in [1.29, 1.82) is 0 Å². The van der Waals surface area contributed by atoms with Crippen LogP contribution < -0.4 is 4.74 Å². The number of esters is 2. The van der Waals surface area contributed by atoms with Gasteiger partial charge in [-0.2, -0.15) is 0 Å². The molecule has 6 nitrogen and oxygen atoms in total. The summed E-state index contributed by atoms with van der Waals surface area (Å²) in [6.07, 6.45) is 1.75. The number of aromatic nitrogens is 2. The van der Waals surface area contributed by atoms with E-state index in [2.05, 4.69) is 14.7 Å². The lowest BCUT2D eigenvalue weighted by atomic mass is 10.2. The van der Waals surface area contributed by atoms with Gasteiger partial charge in [0.2, 0.25) is 0 Å². The molecule has 0 aliphatic heterocycles. The minimum absolute atomic E-state index is 0.0576. The normalized spacial score (nSPS) is 10.3. The van der Waals surface area contributed by atoms with Crippen LogP contribution in [0.25, 0.3) is 10.7 Å². The number of pyridine rings is 1. The van der Waals surface area contributed by atoms with Crippen LogP contribution in [-0.4, -0.2) is 29.0 Å². The van der Waals surface area contributed by atoms with E-state index in [0.717, 1.165) is 10.7 Å². The van der Waals surface area contributed by atoms with Gasteiger partial charge < -0.3 is 9.47 Å². The van der Waals surface area contributed by atoms with Gasteiger partial charge in [-0.15, -0.1) is 11.3 Å². The van der Waals surface area contributed by atoms with Crippen LogP contribution in [0.5, 0.6) is 5.75 Å². The Hall–Kier alpha value is -3.06. The highest BCUT2D eigenvalue weighted by molar-refractivity contribution is 7.13. The van der Waals surface area contributed by atoms with Crippen molar-refractivity contribution in [3.8, 4) is 16.5 Å². The Morgan fingerprint density at radius 1 is 1.12 bits per heavy atom. The standard InChI is InChI=1S/C18H14N2O4S/c1-23-18(22)12-5-7-14(8-6-12)24-16(21)10-13-11-25-17(20-13)15-4-2-3-9-19-15/h2-9,11H,10H2,1H3. The number of carbonyl (C=O) groups is 2. The minimum Gasteiger partial charge on any atom is -0.465 e. The third-order valence-electron chi connectivity index (χ3n) is 3.27. The molecule has 0 saturated heterocycles. The number of nitrogens with zero attached hydrogens (tertiary/aromatic N) is 2. The molecule has 3 aromatic rings. The van der Waals surface area contributed by atoms with Crippen molar-refractivity contribution in [2.24, 2.45) is 0 Å². The molecule has 0 aliphatic rings. The van der Waals surface area contributed by atoms with E-state index in [0.29, 0.717) is 17.0 Å². The third kappa shape index (κ3) is 4.27. The highest BCUT2D eigenvalue weighted by atomic mass is 32.1. The Kier molecular flexibility index (Phi) is 5.15. The SMILES string of the molecule is COC(=O)c1ccc(OC(=O)Cc2csc(-c3ccccn3)n2)cc1. The number of methoxy groups -OCH3 is 1. The van der Waals surface area contributed by atoms with Gasteiger partial charge in [0.05, 0.1) is 30.5 Å². The van der Waals surface area contributed by atoms with Crippen LogP contribution in [0.15, 0.2) is 54.0 Å². The van der Waals surface area contributed by atoms with Gasteiger partial charge in [0.1, 0.15) is 10.8 Å². The van der Waals surface area contributed by atoms with Crippen molar-refractivity contribution < 1.29 is 19.1 Å². The first-order chi connectivity index (χ1) is 12.2. The number of ether oxygens (including phenoxy) is 2. The molecule has 0 N–H and O–H groups in total. The summed E-state index contributed by atoms with van der Waals surface area (Å²) in [5.74, 6) is -0.510. The van der Waals surface area contributed by atoms with Gasteiger partial charge in [0, 0.05) is 11.6 Å². The maximum absolute atomic E-state index is 12.0. The van der Waals surface area contributed by atoms with E-state index < -0.39 is 11.9 Å². The number of hydrogen-bond acceptors (Lipinski definition) is 7. The van der Waals surface area contributed by atoms with Crippen LogP contribution in [0.3, 0.4) is 0 Å². The lowest BCUT2D eigenvalue weighted by Crippen LogP contribution is -2.11. The quantitative estimate of drug-likeness (QED) is 0.517. The lowest BCUT2D eigenvalue weighted by Gasteiger charge is -2.04. The van der Waals surface area contributed by atoms with Crippen molar-refractivity contribution in [2.45, 2.75) is 6.42 Å². The number of benzene rings is 1. The molecule has 2 aromatic heterocycles. The molecule has 126 valence electrons. The second-order valence-corrected chi connectivity index (χ2v) is 5.88. The topological polar surface area (TPSA) is 78.4 Å². The average molecular weight is 354 g/mol. The Morgan fingerprint density at radius 2 is 1.92 bits per heavy atom. The fourth-order valence-corrected chi connectivity index (χ4v) is 2.88. The van der Waals surface area contributed by atoms with Gasteiger partial charge in [-0.25, -0.2) is 9.78 Å². The van der Waals surface area contributed by atoms with Crippen LogP contribution in [0.4, 0.5) is 0 Å². The minimum atomic E-state index is -0.442. The Bertz CT molecular complexity index is 876. The summed E-state index contributed by atoms with van der Waals surface area (Å²) < 4.78 is 9.88. The molecule has 0 radical (unpaired) electrons. The van der Waals surface area contributed by atoms with Crippen LogP contribution in [0.2, 0.25) is 0 Å². The molecule has 0 amide bonds. The molecule has 0 unspecified atom stereocenters. The first kappa shape index (κ1) is 16.8. The second-order valence-electron chi connectivity index (χ2n) is 5.03. The number of hydrogen-bond donors (Lipinski definition) is 0. The van der Waals surface area contributed by atoms with Crippen molar-refractivity contribution in [2.75, 3.05) is 7.11 Å². The summed E-state index contributed by atoms with van der Waals surface area (Å²) in [6.45, 7) is 0. The summed E-state index contributed by atoms with van der Waals surface area (Å²) in [5, 5.41) is 2.57. The summed E-state index contributed by atoms with van der Waals surface area (Å²) in [5.41, 5.74) is 1.79. The van der Waals surface area contributed by atoms with Crippen LogP contribution in [0.1, 0.15) is 16.1 Å². The van der Waals surface area contributed by atoms with Crippen molar-refractivity contribution >= 4 is 23.3 Å². The number of thiazole rings is 1. The molecular formula is C18H14N2O4S. The molecule has 0 aliphatic carbocycles. The monoisotopic (exact) mass is 354 g/mol. The average Bonchev–Trinajstić information content (AvgIpc) is 3.10. The molecule has 7 heteroatoms. The predicted molar refractivity (Wildman–Crippen MR) is 92.5 cm³/mol. The highest BCUT2D eigenvalue weighted by Gasteiger charge is 2.12. The number of rotatable bonds is 5. The highest BCUT2D eigenvalue weighted by Crippen LogP contribution is 2.22. The van der Waals surface area contributed by atoms with Crippen molar-refractivity contribution in [1.82, 2.24) is 9.97 Å². The van der Waals surface area contributed by atoms with Gasteiger partial charge in [0.15, 0.2) is 0 Å². The van der Waals surface area contributed by atoms with E-state index >= 15 is 0 Å². The van der Waals surface area contributed by atoms with Gasteiger partial charge in [-0.05, 0) is 36.4 Å². The summed E-state index contributed by atoms with van der Waals surface area (Å²) in [7, 11) is 1.31. The molecular weight excluding hydrogens is 340 g/mol. The molecule has 0 saturated carbocycles. The van der Waals surface area contributed by atoms with E-state index in [9.17, 15) is 9.59 Å². The zero-order chi connectivity index (χ0) is 17.6.